The molecule has 2 nitrogen and oxygen atoms in total. The molecule has 0 saturated heterocycles. The molecular formula is C9H8ClFO2S. The first kappa shape index (κ1) is 11.2. The van der Waals surface area contributed by atoms with E-state index >= 15 is 0 Å². The van der Waals surface area contributed by atoms with Crippen molar-refractivity contribution in [2.24, 2.45) is 0 Å². The molecule has 1 rings (SSSR count). The smallest absolute Gasteiger partial charge is 0.211 e. The Balaban J connectivity index is 3.21. The minimum Gasteiger partial charge on any atom is -0.211 e. The van der Waals surface area contributed by atoms with Crippen LogP contribution in [0.25, 0.3) is 0 Å². The molecule has 0 heterocycles. The zero-order valence-electron chi connectivity index (χ0n) is 7.15. The number of benzene rings is 1. The second-order valence-electron chi connectivity index (χ2n) is 2.69. The van der Waals surface area contributed by atoms with E-state index < -0.39 is 20.1 Å². The summed E-state index contributed by atoms with van der Waals surface area (Å²) in [5.41, 5.74) is 0.273. The van der Waals surface area contributed by atoms with Crippen LogP contribution >= 0.6 is 10.7 Å². The third-order valence-electron chi connectivity index (χ3n) is 1.69. The van der Waals surface area contributed by atoms with E-state index in [1.54, 1.807) is 0 Å². The van der Waals surface area contributed by atoms with Gasteiger partial charge in [-0.15, -0.1) is 6.58 Å². The van der Waals surface area contributed by atoms with Crippen molar-refractivity contribution in [3.05, 3.63) is 48.3 Å². The molecular weight excluding hydrogens is 227 g/mol. The first-order chi connectivity index (χ1) is 6.45. The maximum absolute atomic E-state index is 12.8. The summed E-state index contributed by atoms with van der Waals surface area (Å²) in [7, 11) is 1.37. The Kier molecular flexibility index (Phi) is 3.29. The molecule has 1 atom stereocenters. The standard InChI is InChI=1S/C9H8ClFO2S/c1-2-9(14(10,12)13)7-4-3-5-8(11)6-7/h2-6,9H,1H2. The molecule has 0 fully saturated rings. The lowest BCUT2D eigenvalue weighted by molar-refractivity contribution is 0.603. The van der Waals surface area contributed by atoms with E-state index in [1.807, 2.05) is 0 Å². The molecule has 0 aliphatic heterocycles. The number of rotatable bonds is 3. The highest BCUT2D eigenvalue weighted by Crippen LogP contribution is 2.26. The lowest BCUT2D eigenvalue weighted by atomic mass is 10.1. The molecule has 0 aromatic heterocycles. The summed E-state index contributed by atoms with van der Waals surface area (Å²) >= 11 is 0. The number of hydrogen-bond acceptors (Lipinski definition) is 2. The maximum atomic E-state index is 12.8. The highest BCUT2D eigenvalue weighted by molar-refractivity contribution is 8.14. The third-order valence-corrected chi connectivity index (χ3v) is 3.34. The number of hydrogen-bond donors (Lipinski definition) is 0. The quantitative estimate of drug-likeness (QED) is 0.595. The predicted molar refractivity (Wildman–Crippen MR) is 54.1 cm³/mol. The van der Waals surface area contributed by atoms with E-state index in [-0.39, 0.29) is 5.56 Å². The topological polar surface area (TPSA) is 34.1 Å². The van der Waals surface area contributed by atoms with E-state index in [0.29, 0.717) is 0 Å². The van der Waals surface area contributed by atoms with Crippen LogP contribution in [-0.4, -0.2) is 8.42 Å². The number of halogens is 2. The van der Waals surface area contributed by atoms with Gasteiger partial charge in [-0.1, -0.05) is 18.2 Å². The molecule has 1 unspecified atom stereocenters. The summed E-state index contributed by atoms with van der Waals surface area (Å²) in [6.07, 6.45) is 1.16. The molecule has 0 aliphatic rings. The predicted octanol–water partition coefficient (Wildman–Crippen LogP) is 2.62. The van der Waals surface area contributed by atoms with Crippen molar-refractivity contribution in [2.75, 3.05) is 0 Å². The van der Waals surface area contributed by atoms with Gasteiger partial charge in [-0.3, -0.25) is 0 Å². The van der Waals surface area contributed by atoms with Crippen LogP contribution in [0.4, 0.5) is 4.39 Å². The zero-order chi connectivity index (χ0) is 10.8. The minimum atomic E-state index is -3.80. The summed E-state index contributed by atoms with van der Waals surface area (Å²) < 4.78 is 34.9. The fourth-order valence-electron chi connectivity index (χ4n) is 1.10. The van der Waals surface area contributed by atoms with Gasteiger partial charge in [0.1, 0.15) is 11.1 Å². The molecule has 0 spiro atoms. The van der Waals surface area contributed by atoms with Crippen molar-refractivity contribution in [2.45, 2.75) is 5.25 Å². The van der Waals surface area contributed by atoms with Gasteiger partial charge in [-0.25, -0.2) is 12.8 Å². The molecule has 14 heavy (non-hydrogen) atoms. The van der Waals surface area contributed by atoms with E-state index in [4.69, 9.17) is 10.7 Å². The Morgan fingerprint density at radius 1 is 1.50 bits per heavy atom. The van der Waals surface area contributed by atoms with Gasteiger partial charge in [0, 0.05) is 10.7 Å². The Hall–Kier alpha value is -0.870. The lowest BCUT2D eigenvalue weighted by Crippen LogP contribution is -2.04. The molecule has 76 valence electrons. The highest BCUT2D eigenvalue weighted by Gasteiger charge is 2.21. The molecule has 0 radical (unpaired) electrons. The van der Waals surface area contributed by atoms with Gasteiger partial charge in [0.05, 0.1) is 0 Å². The first-order valence-corrected chi connectivity index (χ1v) is 6.14. The second-order valence-corrected chi connectivity index (χ2v) is 5.44. The summed E-state index contributed by atoms with van der Waals surface area (Å²) in [6, 6.07) is 5.25. The Labute approximate surface area is 86.4 Å². The van der Waals surface area contributed by atoms with E-state index in [9.17, 15) is 12.8 Å². The van der Waals surface area contributed by atoms with Gasteiger partial charge in [-0.05, 0) is 17.7 Å². The van der Waals surface area contributed by atoms with Gasteiger partial charge in [0.2, 0.25) is 9.05 Å². The van der Waals surface area contributed by atoms with Crippen LogP contribution in [-0.2, 0) is 9.05 Å². The fraction of sp³-hybridized carbons (Fsp3) is 0.111. The summed E-state index contributed by atoms with van der Waals surface area (Å²) in [6.45, 7) is 3.35. The summed E-state index contributed by atoms with van der Waals surface area (Å²) in [4.78, 5) is 0. The maximum Gasteiger partial charge on any atom is 0.243 e. The fourth-order valence-corrected chi connectivity index (χ4v) is 2.33. The van der Waals surface area contributed by atoms with Crippen molar-refractivity contribution in [3.63, 3.8) is 0 Å². The van der Waals surface area contributed by atoms with Crippen molar-refractivity contribution in [3.8, 4) is 0 Å². The SMILES string of the molecule is C=CC(c1cccc(F)c1)S(=O)(=O)Cl. The van der Waals surface area contributed by atoms with Gasteiger partial charge in [0.25, 0.3) is 0 Å². The average Bonchev–Trinajstić information content (AvgIpc) is 2.02. The monoisotopic (exact) mass is 234 g/mol. The van der Waals surface area contributed by atoms with Gasteiger partial charge in [-0.2, -0.15) is 0 Å². The van der Waals surface area contributed by atoms with E-state index in [2.05, 4.69) is 6.58 Å². The lowest BCUT2D eigenvalue weighted by Gasteiger charge is -2.08. The average molecular weight is 235 g/mol. The Bertz CT molecular complexity index is 442. The summed E-state index contributed by atoms with van der Waals surface area (Å²) in [5.74, 6) is -0.505. The first-order valence-electron chi connectivity index (χ1n) is 3.76. The van der Waals surface area contributed by atoms with Crippen molar-refractivity contribution in [1.29, 1.82) is 0 Å². The molecule has 1 aromatic rings. The molecule has 0 bridgehead atoms. The van der Waals surface area contributed by atoms with Gasteiger partial charge < -0.3 is 0 Å². The van der Waals surface area contributed by atoms with Crippen LogP contribution in [0.3, 0.4) is 0 Å². The third kappa shape index (κ3) is 2.56. The second kappa shape index (κ2) is 4.11. The molecule has 1 aromatic carbocycles. The zero-order valence-corrected chi connectivity index (χ0v) is 8.72. The molecule has 0 N–H and O–H groups in total. The van der Waals surface area contributed by atoms with E-state index in [0.717, 1.165) is 12.1 Å². The Morgan fingerprint density at radius 2 is 2.14 bits per heavy atom. The summed E-state index contributed by atoms with van der Waals surface area (Å²) in [5, 5.41) is -1.07. The molecule has 0 aliphatic carbocycles. The minimum absolute atomic E-state index is 0.273. The van der Waals surface area contributed by atoms with Crippen LogP contribution in [0.5, 0.6) is 0 Å². The van der Waals surface area contributed by atoms with Gasteiger partial charge in [0.15, 0.2) is 0 Å². The molecule has 5 heteroatoms. The molecule has 0 amide bonds. The van der Waals surface area contributed by atoms with Crippen LogP contribution in [0, 0.1) is 5.82 Å². The largest absolute Gasteiger partial charge is 0.243 e. The Morgan fingerprint density at radius 3 is 2.57 bits per heavy atom. The van der Waals surface area contributed by atoms with Crippen molar-refractivity contribution < 1.29 is 12.8 Å². The van der Waals surface area contributed by atoms with Crippen LogP contribution in [0.15, 0.2) is 36.9 Å². The van der Waals surface area contributed by atoms with Gasteiger partial charge >= 0.3 is 0 Å². The van der Waals surface area contributed by atoms with Crippen LogP contribution in [0.2, 0.25) is 0 Å². The molecule has 0 saturated carbocycles. The van der Waals surface area contributed by atoms with Crippen LogP contribution < -0.4 is 0 Å². The highest BCUT2D eigenvalue weighted by atomic mass is 35.7. The van der Waals surface area contributed by atoms with Crippen LogP contribution in [0.1, 0.15) is 10.8 Å². The van der Waals surface area contributed by atoms with E-state index in [1.165, 1.54) is 18.2 Å². The van der Waals surface area contributed by atoms with Crippen molar-refractivity contribution in [1.82, 2.24) is 0 Å². The van der Waals surface area contributed by atoms with Crippen molar-refractivity contribution >= 4 is 19.7 Å². The normalized spacial score (nSPS) is 13.6.